The number of fused-ring (bicyclic) bond motifs is 1. The quantitative estimate of drug-likeness (QED) is 0.725. The maximum Gasteiger partial charge on any atom is 0.274 e. The molecule has 2 aromatic carbocycles. The summed E-state index contributed by atoms with van der Waals surface area (Å²) < 4.78 is 11.0. The van der Waals surface area contributed by atoms with Crippen molar-refractivity contribution in [3.63, 3.8) is 0 Å². The minimum Gasteiger partial charge on any atom is -0.486 e. The Kier molecular flexibility index (Phi) is 4.76. The van der Waals surface area contributed by atoms with E-state index in [-0.39, 0.29) is 11.6 Å². The van der Waals surface area contributed by atoms with Crippen LogP contribution in [0.15, 0.2) is 60.8 Å². The molecule has 7 nitrogen and oxygen atoms in total. The first-order chi connectivity index (χ1) is 13.7. The molecule has 0 unspecified atom stereocenters. The van der Waals surface area contributed by atoms with Crippen molar-refractivity contribution in [2.75, 3.05) is 23.8 Å². The zero-order valence-electron chi connectivity index (χ0n) is 14.8. The van der Waals surface area contributed by atoms with Crippen LogP contribution in [-0.2, 0) is 0 Å². The summed E-state index contributed by atoms with van der Waals surface area (Å²) in [4.78, 5) is 16.6. The lowest BCUT2D eigenvalue weighted by molar-refractivity contribution is 0.102. The van der Waals surface area contributed by atoms with E-state index in [0.717, 1.165) is 5.69 Å². The van der Waals surface area contributed by atoms with Gasteiger partial charge in [0.1, 0.15) is 18.9 Å². The Morgan fingerprint density at radius 2 is 1.79 bits per heavy atom. The number of amides is 1. The molecule has 0 saturated heterocycles. The number of nitriles is 1. The molecule has 0 bridgehead atoms. The maximum absolute atomic E-state index is 12.4. The van der Waals surface area contributed by atoms with Crippen LogP contribution in [0.1, 0.15) is 16.1 Å². The lowest BCUT2D eigenvalue weighted by Gasteiger charge is -2.19. The van der Waals surface area contributed by atoms with Crippen LogP contribution in [0, 0.1) is 11.3 Å². The monoisotopic (exact) mass is 372 g/mol. The van der Waals surface area contributed by atoms with Gasteiger partial charge in [0.15, 0.2) is 11.5 Å². The number of nitrogens with one attached hydrogen (secondary N) is 2. The van der Waals surface area contributed by atoms with E-state index in [1.165, 1.54) is 0 Å². The van der Waals surface area contributed by atoms with E-state index in [2.05, 4.69) is 21.7 Å². The zero-order chi connectivity index (χ0) is 19.3. The second kappa shape index (κ2) is 7.68. The summed E-state index contributed by atoms with van der Waals surface area (Å²) in [6, 6.07) is 17.8. The smallest absolute Gasteiger partial charge is 0.274 e. The number of carbonyl (C=O) groups excluding carboxylic acids is 1. The molecule has 2 heterocycles. The molecule has 28 heavy (non-hydrogen) atoms. The second-order valence-corrected chi connectivity index (χ2v) is 6.06. The van der Waals surface area contributed by atoms with Gasteiger partial charge in [-0.05, 0) is 42.5 Å². The molecule has 0 spiro atoms. The Bertz CT molecular complexity index is 1060. The predicted molar refractivity (Wildman–Crippen MR) is 104 cm³/mol. The average Bonchev–Trinajstić information content (AvgIpc) is 2.74. The first kappa shape index (κ1) is 17.4. The number of hydrogen-bond acceptors (Lipinski definition) is 6. The van der Waals surface area contributed by atoms with Crippen LogP contribution in [0.3, 0.4) is 0 Å². The molecular formula is C21H16N4O3. The number of anilines is 3. The van der Waals surface area contributed by atoms with E-state index >= 15 is 0 Å². The number of ether oxygens (including phenoxy) is 2. The first-order valence-corrected chi connectivity index (χ1v) is 8.65. The molecule has 0 atom stereocenters. The summed E-state index contributed by atoms with van der Waals surface area (Å²) in [7, 11) is 0. The Hall–Kier alpha value is -4.05. The maximum atomic E-state index is 12.4. The van der Waals surface area contributed by atoms with Gasteiger partial charge in [-0.15, -0.1) is 0 Å². The Morgan fingerprint density at radius 1 is 0.964 bits per heavy atom. The number of carbonyl (C=O) groups is 1. The Labute approximate surface area is 161 Å². The second-order valence-electron chi connectivity index (χ2n) is 6.06. The van der Waals surface area contributed by atoms with Gasteiger partial charge >= 0.3 is 0 Å². The largest absolute Gasteiger partial charge is 0.486 e. The first-order valence-electron chi connectivity index (χ1n) is 8.65. The molecule has 0 fully saturated rings. The number of nitrogens with zero attached hydrogens (tertiary/aromatic N) is 2. The van der Waals surface area contributed by atoms with Gasteiger partial charge in [0.25, 0.3) is 5.91 Å². The third kappa shape index (κ3) is 3.86. The molecule has 0 radical (unpaired) electrons. The molecule has 1 aromatic heterocycles. The van der Waals surface area contributed by atoms with Gasteiger partial charge in [-0.2, -0.15) is 5.26 Å². The van der Waals surface area contributed by atoms with Crippen molar-refractivity contribution >= 4 is 23.0 Å². The summed E-state index contributed by atoms with van der Waals surface area (Å²) in [5, 5.41) is 14.9. The van der Waals surface area contributed by atoms with E-state index in [9.17, 15) is 4.79 Å². The van der Waals surface area contributed by atoms with Gasteiger partial charge in [0.2, 0.25) is 0 Å². The lowest BCUT2D eigenvalue weighted by atomic mass is 10.2. The molecule has 7 heteroatoms. The van der Waals surface area contributed by atoms with Gasteiger partial charge in [0.05, 0.1) is 23.5 Å². The molecule has 0 saturated carbocycles. The van der Waals surface area contributed by atoms with E-state index in [0.29, 0.717) is 41.7 Å². The third-order valence-corrected chi connectivity index (χ3v) is 4.08. The van der Waals surface area contributed by atoms with Crippen molar-refractivity contribution in [2.24, 2.45) is 0 Å². The molecule has 1 amide bonds. The van der Waals surface area contributed by atoms with Crippen LogP contribution in [0.25, 0.3) is 0 Å². The molecule has 1 aliphatic heterocycles. The van der Waals surface area contributed by atoms with Crippen molar-refractivity contribution in [2.45, 2.75) is 0 Å². The van der Waals surface area contributed by atoms with E-state index in [4.69, 9.17) is 14.7 Å². The van der Waals surface area contributed by atoms with E-state index < -0.39 is 0 Å². The fourth-order valence-electron chi connectivity index (χ4n) is 2.75. The van der Waals surface area contributed by atoms with Crippen molar-refractivity contribution < 1.29 is 14.3 Å². The fourth-order valence-corrected chi connectivity index (χ4v) is 2.75. The molecule has 4 rings (SSSR count). The molecule has 0 aliphatic carbocycles. The van der Waals surface area contributed by atoms with E-state index in [1.807, 2.05) is 6.07 Å². The highest BCUT2D eigenvalue weighted by atomic mass is 16.6. The molecule has 1 aliphatic rings. The predicted octanol–water partition coefficient (Wildman–Crippen LogP) is 3.72. The van der Waals surface area contributed by atoms with Crippen molar-refractivity contribution in [1.29, 1.82) is 5.26 Å². The van der Waals surface area contributed by atoms with Gasteiger partial charge in [0, 0.05) is 17.4 Å². The normalized spacial score (nSPS) is 12.0. The zero-order valence-corrected chi connectivity index (χ0v) is 14.8. The van der Waals surface area contributed by atoms with Crippen LogP contribution in [0.4, 0.5) is 17.1 Å². The van der Waals surface area contributed by atoms with Gasteiger partial charge in [-0.3, -0.25) is 4.79 Å². The highest BCUT2D eigenvalue weighted by molar-refractivity contribution is 6.03. The van der Waals surface area contributed by atoms with Crippen molar-refractivity contribution in [3.8, 4) is 17.6 Å². The topological polar surface area (TPSA) is 96.3 Å². The minimum atomic E-state index is -0.324. The Balaban J connectivity index is 1.43. The van der Waals surface area contributed by atoms with Crippen LogP contribution < -0.4 is 20.1 Å². The SMILES string of the molecule is N#Cc1cccc(Nc2ccc(C(=O)Nc3ccc4c(c3)OCCO4)nc2)c1. The van der Waals surface area contributed by atoms with Crippen LogP contribution in [0.2, 0.25) is 0 Å². The fraction of sp³-hybridized carbons (Fsp3) is 0.0952. The standard InChI is InChI=1S/C21H16N4O3/c22-12-14-2-1-3-15(10-14)24-17-4-6-18(23-13-17)21(26)25-16-5-7-19-20(11-16)28-9-8-27-19/h1-7,10-11,13,24H,8-9H2,(H,25,26). The molecule has 3 aromatic rings. The number of rotatable bonds is 4. The lowest BCUT2D eigenvalue weighted by Crippen LogP contribution is -2.17. The van der Waals surface area contributed by atoms with Crippen LogP contribution in [-0.4, -0.2) is 24.1 Å². The number of aromatic nitrogens is 1. The number of benzene rings is 2. The van der Waals surface area contributed by atoms with Gasteiger partial charge < -0.3 is 20.1 Å². The van der Waals surface area contributed by atoms with E-state index in [1.54, 1.807) is 54.7 Å². The Morgan fingerprint density at radius 3 is 2.57 bits per heavy atom. The summed E-state index contributed by atoms with van der Waals surface area (Å²) >= 11 is 0. The highest BCUT2D eigenvalue weighted by Crippen LogP contribution is 2.32. The number of hydrogen-bond donors (Lipinski definition) is 2. The molecule has 2 N–H and O–H groups in total. The summed E-state index contributed by atoms with van der Waals surface area (Å²) in [5.74, 6) is 0.948. The third-order valence-electron chi connectivity index (χ3n) is 4.08. The number of pyridine rings is 1. The summed E-state index contributed by atoms with van der Waals surface area (Å²) in [6.45, 7) is 1.00. The molecular weight excluding hydrogens is 356 g/mol. The van der Waals surface area contributed by atoms with Crippen LogP contribution in [0.5, 0.6) is 11.5 Å². The van der Waals surface area contributed by atoms with Crippen LogP contribution >= 0.6 is 0 Å². The average molecular weight is 372 g/mol. The molecule has 138 valence electrons. The van der Waals surface area contributed by atoms with Crippen molar-refractivity contribution in [3.05, 3.63) is 72.1 Å². The minimum absolute atomic E-state index is 0.284. The summed E-state index contributed by atoms with van der Waals surface area (Å²) in [6.07, 6.45) is 1.57. The summed E-state index contributed by atoms with van der Waals surface area (Å²) in [5.41, 5.74) is 2.94. The van der Waals surface area contributed by atoms with Gasteiger partial charge in [-0.1, -0.05) is 6.07 Å². The van der Waals surface area contributed by atoms with Crippen molar-refractivity contribution in [1.82, 2.24) is 4.98 Å². The van der Waals surface area contributed by atoms with Gasteiger partial charge in [-0.25, -0.2) is 4.98 Å². The highest BCUT2D eigenvalue weighted by Gasteiger charge is 2.14.